The molecule has 0 aliphatic heterocycles. The summed E-state index contributed by atoms with van der Waals surface area (Å²) in [5, 5.41) is 5.82. The maximum absolute atomic E-state index is 12.6. The molecule has 0 bridgehead atoms. The summed E-state index contributed by atoms with van der Waals surface area (Å²) in [4.78, 5) is 24.9. The van der Waals surface area contributed by atoms with Crippen LogP contribution in [0.2, 0.25) is 0 Å². The van der Waals surface area contributed by atoms with Gasteiger partial charge in [0.15, 0.2) is 0 Å². The van der Waals surface area contributed by atoms with Crippen LogP contribution in [0.3, 0.4) is 0 Å². The maximum Gasteiger partial charge on any atom is 0.253 e. The molecule has 1 aliphatic rings. The molecule has 0 unspecified atom stereocenters. The Kier molecular flexibility index (Phi) is 8.48. The van der Waals surface area contributed by atoms with Gasteiger partial charge in [0, 0.05) is 19.0 Å². The SMILES string of the molecule is Cl.N[C@@H]1CCC[C@H]1CC(=O)Nc1ccccc1C(=O)NCCc1ccccc1. The van der Waals surface area contributed by atoms with Gasteiger partial charge in [-0.25, -0.2) is 0 Å². The second-order valence-electron chi connectivity index (χ2n) is 7.14. The van der Waals surface area contributed by atoms with Crippen LogP contribution < -0.4 is 16.4 Å². The first-order chi connectivity index (χ1) is 13.1. The van der Waals surface area contributed by atoms with Gasteiger partial charge in [0.05, 0.1) is 11.3 Å². The third kappa shape index (κ3) is 6.08. The fourth-order valence-corrected chi connectivity index (χ4v) is 3.61. The van der Waals surface area contributed by atoms with Gasteiger partial charge in [-0.3, -0.25) is 9.59 Å². The number of rotatable bonds is 7. The van der Waals surface area contributed by atoms with E-state index in [9.17, 15) is 9.59 Å². The summed E-state index contributed by atoms with van der Waals surface area (Å²) in [6, 6.07) is 17.2. The lowest BCUT2D eigenvalue weighted by molar-refractivity contribution is -0.117. The highest BCUT2D eigenvalue weighted by Crippen LogP contribution is 2.27. The minimum Gasteiger partial charge on any atom is -0.352 e. The van der Waals surface area contributed by atoms with Crippen LogP contribution in [-0.2, 0) is 11.2 Å². The number of hydrogen-bond donors (Lipinski definition) is 3. The van der Waals surface area contributed by atoms with E-state index in [0.717, 1.165) is 25.7 Å². The molecule has 2 atom stereocenters. The maximum atomic E-state index is 12.6. The van der Waals surface area contributed by atoms with E-state index in [2.05, 4.69) is 10.6 Å². The summed E-state index contributed by atoms with van der Waals surface area (Å²) in [6.07, 6.45) is 4.24. The zero-order valence-electron chi connectivity index (χ0n) is 15.9. The standard InChI is InChI=1S/C22H27N3O2.ClH/c23-19-11-6-9-17(19)15-21(26)25-20-12-5-4-10-18(20)22(27)24-14-13-16-7-2-1-3-8-16;/h1-5,7-8,10,12,17,19H,6,9,11,13-15,23H2,(H,24,27)(H,25,26);1H/t17-,19+;/m0./s1. The average Bonchev–Trinajstić information content (AvgIpc) is 3.07. The molecule has 4 N–H and O–H groups in total. The highest BCUT2D eigenvalue weighted by atomic mass is 35.5. The van der Waals surface area contributed by atoms with Gasteiger partial charge in [-0.1, -0.05) is 48.9 Å². The predicted octanol–water partition coefficient (Wildman–Crippen LogP) is 3.54. The van der Waals surface area contributed by atoms with Crippen molar-refractivity contribution in [2.45, 2.75) is 38.1 Å². The van der Waals surface area contributed by atoms with Crippen LogP contribution in [0.5, 0.6) is 0 Å². The van der Waals surface area contributed by atoms with Gasteiger partial charge in [0.1, 0.15) is 0 Å². The minimum atomic E-state index is -0.181. The van der Waals surface area contributed by atoms with Crippen LogP contribution in [0.1, 0.15) is 41.6 Å². The largest absolute Gasteiger partial charge is 0.352 e. The summed E-state index contributed by atoms with van der Waals surface area (Å²) < 4.78 is 0. The van der Waals surface area contributed by atoms with Crippen LogP contribution in [-0.4, -0.2) is 24.4 Å². The average molecular weight is 402 g/mol. The van der Waals surface area contributed by atoms with Crippen molar-refractivity contribution >= 4 is 29.9 Å². The molecular formula is C22H28ClN3O2. The van der Waals surface area contributed by atoms with E-state index in [4.69, 9.17) is 5.73 Å². The van der Waals surface area contributed by atoms with Crippen LogP contribution in [0.15, 0.2) is 54.6 Å². The Morgan fingerprint density at radius 2 is 1.71 bits per heavy atom. The zero-order valence-corrected chi connectivity index (χ0v) is 16.7. The summed E-state index contributed by atoms with van der Waals surface area (Å²) in [5.41, 5.74) is 8.26. The minimum absolute atomic E-state index is 0. The molecule has 1 aliphatic carbocycles. The number of amides is 2. The molecule has 1 saturated carbocycles. The molecule has 6 heteroatoms. The Labute approximate surface area is 172 Å². The van der Waals surface area contributed by atoms with E-state index < -0.39 is 0 Å². The van der Waals surface area contributed by atoms with E-state index in [1.165, 1.54) is 5.56 Å². The molecule has 2 amide bonds. The number of carbonyl (C=O) groups is 2. The van der Waals surface area contributed by atoms with Crippen LogP contribution in [0.4, 0.5) is 5.69 Å². The van der Waals surface area contributed by atoms with Gasteiger partial charge in [0.25, 0.3) is 5.91 Å². The van der Waals surface area contributed by atoms with Crippen molar-refractivity contribution in [1.29, 1.82) is 0 Å². The molecule has 2 aromatic rings. The molecule has 28 heavy (non-hydrogen) atoms. The van der Waals surface area contributed by atoms with Crippen molar-refractivity contribution < 1.29 is 9.59 Å². The topological polar surface area (TPSA) is 84.2 Å². The first-order valence-electron chi connectivity index (χ1n) is 9.60. The summed E-state index contributed by atoms with van der Waals surface area (Å²) in [6.45, 7) is 0.544. The molecule has 2 aromatic carbocycles. The van der Waals surface area contributed by atoms with E-state index in [1.807, 2.05) is 36.4 Å². The van der Waals surface area contributed by atoms with Crippen molar-refractivity contribution in [3.05, 3.63) is 65.7 Å². The van der Waals surface area contributed by atoms with E-state index in [0.29, 0.717) is 24.2 Å². The normalized spacial score (nSPS) is 18.2. The summed E-state index contributed by atoms with van der Waals surface area (Å²) >= 11 is 0. The Hall–Kier alpha value is -2.37. The summed E-state index contributed by atoms with van der Waals surface area (Å²) in [7, 11) is 0. The van der Waals surface area contributed by atoms with Gasteiger partial charge < -0.3 is 16.4 Å². The van der Waals surface area contributed by atoms with E-state index >= 15 is 0 Å². The van der Waals surface area contributed by atoms with E-state index in [-0.39, 0.29) is 36.2 Å². The Morgan fingerprint density at radius 1 is 1.00 bits per heavy atom. The molecule has 0 saturated heterocycles. The number of hydrogen-bond acceptors (Lipinski definition) is 3. The smallest absolute Gasteiger partial charge is 0.253 e. The molecular weight excluding hydrogens is 374 g/mol. The monoisotopic (exact) mass is 401 g/mol. The Morgan fingerprint density at radius 3 is 2.43 bits per heavy atom. The number of halogens is 1. The third-order valence-electron chi connectivity index (χ3n) is 5.15. The second-order valence-corrected chi connectivity index (χ2v) is 7.14. The molecule has 150 valence electrons. The number of nitrogens with one attached hydrogen (secondary N) is 2. The number of carbonyl (C=O) groups excluding carboxylic acids is 2. The zero-order chi connectivity index (χ0) is 19.1. The van der Waals surface area contributed by atoms with Crippen molar-refractivity contribution in [3.8, 4) is 0 Å². The molecule has 0 spiro atoms. The fraction of sp³-hybridized carbons (Fsp3) is 0.364. The highest BCUT2D eigenvalue weighted by Gasteiger charge is 2.26. The lowest BCUT2D eigenvalue weighted by Crippen LogP contribution is -2.29. The lowest BCUT2D eigenvalue weighted by atomic mass is 9.99. The quantitative estimate of drug-likeness (QED) is 0.663. The molecule has 5 nitrogen and oxygen atoms in total. The molecule has 0 heterocycles. The second kappa shape index (κ2) is 10.8. The molecule has 1 fully saturated rings. The summed E-state index contributed by atoms with van der Waals surface area (Å²) in [5.74, 6) is -0.0295. The fourth-order valence-electron chi connectivity index (χ4n) is 3.61. The number of benzene rings is 2. The predicted molar refractivity (Wildman–Crippen MR) is 115 cm³/mol. The van der Waals surface area contributed by atoms with Crippen LogP contribution in [0.25, 0.3) is 0 Å². The van der Waals surface area contributed by atoms with Crippen molar-refractivity contribution in [1.82, 2.24) is 5.32 Å². The third-order valence-corrected chi connectivity index (χ3v) is 5.15. The van der Waals surface area contributed by atoms with Gasteiger partial charge in [-0.2, -0.15) is 0 Å². The number of nitrogens with two attached hydrogens (primary N) is 1. The van der Waals surface area contributed by atoms with Gasteiger partial charge in [-0.15, -0.1) is 12.4 Å². The Balaban J connectivity index is 0.00000280. The van der Waals surface area contributed by atoms with Gasteiger partial charge in [0.2, 0.25) is 5.91 Å². The number of para-hydroxylation sites is 1. The van der Waals surface area contributed by atoms with Gasteiger partial charge in [-0.05, 0) is 42.9 Å². The first-order valence-corrected chi connectivity index (χ1v) is 9.60. The molecule has 0 radical (unpaired) electrons. The van der Waals surface area contributed by atoms with Crippen LogP contribution in [0, 0.1) is 5.92 Å². The van der Waals surface area contributed by atoms with Crippen molar-refractivity contribution in [3.63, 3.8) is 0 Å². The molecule has 0 aromatic heterocycles. The van der Waals surface area contributed by atoms with Gasteiger partial charge >= 0.3 is 0 Å². The lowest BCUT2D eigenvalue weighted by Gasteiger charge is -2.16. The van der Waals surface area contributed by atoms with E-state index in [1.54, 1.807) is 18.2 Å². The Bertz CT molecular complexity index is 782. The first kappa shape index (κ1) is 21.9. The molecule has 3 rings (SSSR count). The van der Waals surface area contributed by atoms with Crippen molar-refractivity contribution in [2.75, 3.05) is 11.9 Å². The number of anilines is 1. The van der Waals surface area contributed by atoms with Crippen molar-refractivity contribution in [2.24, 2.45) is 11.7 Å². The van der Waals surface area contributed by atoms with Crippen LogP contribution >= 0.6 is 12.4 Å². The highest BCUT2D eigenvalue weighted by molar-refractivity contribution is 6.03.